The zero-order chi connectivity index (χ0) is 7.56. The van der Waals surface area contributed by atoms with E-state index in [0.717, 1.165) is 5.57 Å². The predicted molar refractivity (Wildman–Crippen MR) is 37.7 cm³/mol. The van der Waals surface area contributed by atoms with Crippen molar-refractivity contribution in [1.29, 1.82) is 5.53 Å². The van der Waals surface area contributed by atoms with E-state index in [4.69, 9.17) is 21.9 Å². The number of nitrogens with zero attached hydrogens (tertiary/aromatic N) is 1. The highest BCUT2D eigenvalue weighted by atomic mass is 35.5. The van der Waals surface area contributed by atoms with Crippen LogP contribution in [-0.4, -0.2) is 6.61 Å². The highest BCUT2D eigenvalue weighted by Gasteiger charge is 2.10. The second kappa shape index (κ2) is 2.84. The van der Waals surface area contributed by atoms with Crippen LogP contribution in [0.25, 0.3) is 0 Å². The van der Waals surface area contributed by atoms with Crippen molar-refractivity contribution in [3.63, 3.8) is 0 Å². The maximum Gasteiger partial charge on any atom is 0.237 e. The summed E-state index contributed by atoms with van der Waals surface area (Å²) in [4.78, 5) is 0. The largest absolute Gasteiger partial charge is 0.472 e. The van der Waals surface area contributed by atoms with Crippen LogP contribution in [0, 0.1) is 5.53 Å². The minimum atomic E-state index is 0.313. The summed E-state index contributed by atoms with van der Waals surface area (Å²) in [5, 5.41) is 3.78. The minimum Gasteiger partial charge on any atom is -0.472 e. The Labute approximate surface area is 63.8 Å². The molecule has 0 aromatic heterocycles. The molecule has 0 aromatic rings. The number of rotatable bonds is 1. The van der Waals surface area contributed by atoms with Crippen LogP contribution >= 0.6 is 11.6 Å². The van der Waals surface area contributed by atoms with E-state index in [1.165, 1.54) is 0 Å². The third-order valence-electron chi connectivity index (χ3n) is 1.26. The van der Waals surface area contributed by atoms with Gasteiger partial charge >= 0.3 is 0 Å². The quantitative estimate of drug-likeness (QED) is 0.586. The fraction of sp³-hybridized carbons (Fsp3) is 0.333. The van der Waals surface area contributed by atoms with Gasteiger partial charge in [-0.2, -0.15) is 0 Å². The first kappa shape index (κ1) is 7.28. The summed E-state index contributed by atoms with van der Waals surface area (Å²) in [5.74, 6) is 0.313. The number of halogens is 1. The van der Waals surface area contributed by atoms with Gasteiger partial charge in [-0.05, 0) is 13.0 Å². The molecule has 0 aromatic carbocycles. The first-order valence-corrected chi connectivity index (χ1v) is 3.20. The van der Waals surface area contributed by atoms with Gasteiger partial charge in [0.1, 0.15) is 6.61 Å². The van der Waals surface area contributed by atoms with Gasteiger partial charge in [0.25, 0.3) is 0 Å². The van der Waals surface area contributed by atoms with Crippen LogP contribution in [0.5, 0.6) is 0 Å². The Kier molecular flexibility index (Phi) is 2.06. The zero-order valence-electron chi connectivity index (χ0n) is 5.52. The monoisotopic (exact) mass is 158 g/mol. The second-order valence-electron chi connectivity index (χ2n) is 1.91. The maximum absolute atomic E-state index is 6.67. The van der Waals surface area contributed by atoms with Gasteiger partial charge in [0.15, 0.2) is 0 Å². The van der Waals surface area contributed by atoms with Gasteiger partial charge in [0.05, 0.1) is 0 Å². The Morgan fingerprint density at radius 2 is 2.50 bits per heavy atom. The molecule has 0 aliphatic carbocycles. The molecule has 0 spiro atoms. The summed E-state index contributed by atoms with van der Waals surface area (Å²) in [6.45, 7) is 2.18. The van der Waals surface area contributed by atoms with Crippen LogP contribution < -0.4 is 0 Å². The molecule has 0 fully saturated rings. The van der Waals surface area contributed by atoms with Crippen molar-refractivity contribution >= 4 is 11.6 Å². The fourth-order valence-corrected chi connectivity index (χ4v) is 0.817. The van der Waals surface area contributed by atoms with E-state index in [-0.39, 0.29) is 0 Å². The lowest BCUT2D eigenvalue weighted by molar-refractivity contribution is 0.231. The second-order valence-corrected chi connectivity index (χ2v) is 2.31. The Bertz CT molecular complexity index is 220. The highest BCUT2D eigenvalue weighted by Crippen LogP contribution is 2.23. The molecule has 54 valence electrons. The molecule has 1 N–H and O–H groups in total. The number of hydrogen-bond acceptors (Lipinski definition) is 3. The summed E-state index contributed by atoms with van der Waals surface area (Å²) in [6.07, 6.45) is 1.74. The van der Waals surface area contributed by atoms with Gasteiger partial charge in [-0.15, -0.1) is 5.11 Å². The van der Waals surface area contributed by atoms with Gasteiger partial charge in [-0.3, -0.25) is 0 Å². The molecule has 1 aliphatic heterocycles. The zero-order valence-corrected chi connectivity index (χ0v) is 6.27. The third-order valence-corrected chi connectivity index (χ3v) is 1.70. The third kappa shape index (κ3) is 1.19. The van der Waals surface area contributed by atoms with Crippen molar-refractivity contribution < 1.29 is 4.74 Å². The Hall–Kier alpha value is -0.830. The van der Waals surface area contributed by atoms with Crippen molar-refractivity contribution in [1.82, 2.24) is 0 Å². The van der Waals surface area contributed by atoms with Crippen molar-refractivity contribution in [3.05, 3.63) is 22.6 Å². The van der Waals surface area contributed by atoms with Crippen molar-refractivity contribution in [2.45, 2.75) is 6.92 Å². The normalized spacial score (nSPS) is 18.0. The van der Waals surface area contributed by atoms with Crippen LogP contribution in [0.4, 0.5) is 0 Å². The highest BCUT2D eigenvalue weighted by molar-refractivity contribution is 6.32. The van der Waals surface area contributed by atoms with E-state index in [9.17, 15) is 0 Å². The van der Waals surface area contributed by atoms with Crippen LogP contribution in [0.1, 0.15) is 6.92 Å². The molecule has 1 aliphatic rings. The lowest BCUT2D eigenvalue weighted by atomic mass is 10.2. The van der Waals surface area contributed by atoms with E-state index in [2.05, 4.69) is 5.11 Å². The molecule has 10 heavy (non-hydrogen) atoms. The molecular weight excluding hydrogens is 152 g/mol. The lowest BCUT2D eigenvalue weighted by Crippen LogP contribution is -1.99. The predicted octanol–water partition coefficient (Wildman–Crippen LogP) is 2.40. The summed E-state index contributed by atoms with van der Waals surface area (Å²) in [7, 11) is 0. The molecule has 0 amide bonds. The maximum atomic E-state index is 6.67. The van der Waals surface area contributed by atoms with E-state index >= 15 is 0 Å². The molecule has 0 saturated heterocycles. The van der Waals surface area contributed by atoms with Gasteiger partial charge in [-0.25, -0.2) is 5.53 Å². The Morgan fingerprint density at radius 1 is 1.80 bits per heavy atom. The standard InChI is InChI=1S/C6H7ClN2O/c1-4-5(7)2-3-10-6(4)9-8/h2,8H,3H2,1H3. The average Bonchev–Trinajstić information content (AvgIpc) is 1.95. The lowest BCUT2D eigenvalue weighted by Gasteiger charge is -2.11. The van der Waals surface area contributed by atoms with E-state index in [0.29, 0.717) is 17.5 Å². The SMILES string of the molecule is CC1=C(N=N)OCC=C1Cl. The van der Waals surface area contributed by atoms with Gasteiger partial charge in [-0.1, -0.05) is 11.6 Å². The Morgan fingerprint density at radius 3 is 3.00 bits per heavy atom. The van der Waals surface area contributed by atoms with Crippen molar-refractivity contribution in [2.75, 3.05) is 6.61 Å². The first-order valence-electron chi connectivity index (χ1n) is 2.83. The minimum absolute atomic E-state index is 0.313. The molecule has 0 unspecified atom stereocenters. The summed E-state index contributed by atoms with van der Waals surface area (Å²) >= 11 is 5.72. The molecule has 0 atom stereocenters. The smallest absolute Gasteiger partial charge is 0.237 e. The number of ether oxygens (including phenoxy) is 1. The van der Waals surface area contributed by atoms with Crippen molar-refractivity contribution in [2.24, 2.45) is 5.11 Å². The molecule has 1 heterocycles. The molecule has 0 saturated carbocycles. The fourth-order valence-electron chi connectivity index (χ4n) is 0.673. The molecule has 1 rings (SSSR count). The van der Waals surface area contributed by atoms with Crippen LogP contribution in [0.3, 0.4) is 0 Å². The molecule has 4 heteroatoms. The van der Waals surface area contributed by atoms with Crippen LogP contribution in [-0.2, 0) is 4.74 Å². The summed E-state index contributed by atoms with van der Waals surface area (Å²) in [6, 6.07) is 0. The Balaban J connectivity index is 2.95. The average molecular weight is 159 g/mol. The molecule has 0 bridgehead atoms. The van der Waals surface area contributed by atoms with Gasteiger partial charge in [0.2, 0.25) is 5.88 Å². The first-order chi connectivity index (χ1) is 4.75. The number of allylic oxidation sites excluding steroid dienone is 2. The summed E-state index contributed by atoms with van der Waals surface area (Å²) < 4.78 is 4.97. The number of hydrogen-bond donors (Lipinski definition) is 1. The van der Waals surface area contributed by atoms with Gasteiger partial charge < -0.3 is 4.74 Å². The van der Waals surface area contributed by atoms with E-state index < -0.39 is 0 Å². The molecule has 0 radical (unpaired) electrons. The summed E-state index contributed by atoms with van der Waals surface area (Å²) in [5.41, 5.74) is 7.40. The topological polar surface area (TPSA) is 45.4 Å². The number of nitrogens with one attached hydrogen (secondary N) is 1. The van der Waals surface area contributed by atoms with Gasteiger partial charge in [0, 0.05) is 10.6 Å². The van der Waals surface area contributed by atoms with E-state index in [1.54, 1.807) is 13.0 Å². The van der Waals surface area contributed by atoms with Crippen LogP contribution in [0.2, 0.25) is 0 Å². The molecule has 3 nitrogen and oxygen atoms in total. The molecular formula is C6H7ClN2O. The van der Waals surface area contributed by atoms with Crippen LogP contribution in [0.15, 0.2) is 27.7 Å². The van der Waals surface area contributed by atoms with Crippen molar-refractivity contribution in [3.8, 4) is 0 Å². The van der Waals surface area contributed by atoms with E-state index in [1.807, 2.05) is 0 Å².